The highest BCUT2D eigenvalue weighted by molar-refractivity contribution is 5.97. The lowest BCUT2D eigenvalue weighted by atomic mass is 9.96. The van der Waals surface area contributed by atoms with Gasteiger partial charge in [0.15, 0.2) is 5.78 Å². The van der Waals surface area contributed by atoms with Crippen molar-refractivity contribution in [3.8, 4) is 0 Å². The molecule has 8 heteroatoms. The third-order valence-corrected chi connectivity index (χ3v) is 6.12. The Labute approximate surface area is 181 Å². The van der Waals surface area contributed by atoms with E-state index in [-0.39, 0.29) is 42.2 Å². The lowest BCUT2D eigenvalue weighted by molar-refractivity contribution is -0.132. The van der Waals surface area contributed by atoms with Crippen LogP contribution in [-0.4, -0.2) is 57.7 Å². The van der Waals surface area contributed by atoms with E-state index in [1.54, 1.807) is 19.2 Å². The molecule has 2 aliphatic rings. The minimum atomic E-state index is -0.0774. The van der Waals surface area contributed by atoms with Gasteiger partial charge in [-0.1, -0.05) is 30.3 Å². The van der Waals surface area contributed by atoms with Crippen LogP contribution >= 0.6 is 0 Å². The molecule has 1 amide bonds. The number of Topliss-reactive ketones (excluding diaryl/α,β-unsaturated/α-hetero) is 1. The van der Waals surface area contributed by atoms with Crippen molar-refractivity contribution in [2.75, 3.05) is 26.8 Å². The van der Waals surface area contributed by atoms with E-state index < -0.39 is 0 Å². The topological polar surface area (TPSA) is 86.4 Å². The van der Waals surface area contributed by atoms with Gasteiger partial charge in [0.2, 0.25) is 5.91 Å². The number of ketones is 1. The van der Waals surface area contributed by atoms with Gasteiger partial charge < -0.3 is 9.64 Å². The molecule has 1 unspecified atom stereocenters. The maximum atomic E-state index is 12.8. The summed E-state index contributed by atoms with van der Waals surface area (Å²) in [5.41, 5.74) is 0.563. The fraction of sp³-hybridized carbons (Fsp3) is 0.565. The van der Waals surface area contributed by atoms with Crippen molar-refractivity contribution in [1.82, 2.24) is 19.2 Å². The Morgan fingerprint density at radius 2 is 1.90 bits per heavy atom. The molecular formula is C23H30N4O4. The van der Waals surface area contributed by atoms with Gasteiger partial charge in [0.05, 0.1) is 13.2 Å². The Kier molecular flexibility index (Phi) is 6.65. The van der Waals surface area contributed by atoms with Crippen molar-refractivity contribution in [2.45, 2.75) is 57.0 Å². The van der Waals surface area contributed by atoms with Gasteiger partial charge in [-0.2, -0.15) is 5.10 Å². The van der Waals surface area contributed by atoms with E-state index in [0.717, 1.165) is 31.5 Å². The third kappa shape index (κ3) is 4.95. The molecule has 0 radical (unpaired) electrons. The van der Waals surface area contributed by atoms with Crippen LogP contribution in [0.3, 0.4) is 0 Å². The molecular weight excluding hydrogens is 396 g/mol. The molecule has 0 N–H and O–H groups in total. The summed E-state index contributed by atoms with van der Waals surface area (Å²) in [5, 5.41) is 4.63. The summed E-state index contributed by atoms with van der Waals surface area (Å²) >= 11 is 0. The molecule has 2 fully saturated rings. The maximum Gasteiger partial charge on any atom is 0.346 e. The Morgan fingerprint density at radius 3 is 2.61 bits per heavy atom. The molecule has 166 valence electrons. The number of methoxy groups -OCH3 is 1. The number of likely N-dealkylation sites (tertiary alicyclic amines) is 1. The number of carbonyl (C=O) groups excluding carboxylic acids is 2. The molecule has 1 saturated carbocycles. The number of hydrogen-bond donors (Lipinski definition) is 0. The van der Waals surface area contributed by atoms with E-state index >= 15 is 0 Å². The number of nitrogens with zero attached hydrogens (tertiary/aromatic N) is 4. The van der Waals surface area contributed by atoms with Crippen molar-refractivity contribution < 1.29 is 14.3 Å². The molecule has 0 bridgehead atoms. The van der Waals surface area contributed by atoms with Crippen LogP contribution < -0.4 is 5.69 Å². The number of hydrogen-bond acceptors (Lipinski definition) is 5. The summed E-state index contributed by atoms with van der Waals surface area (Å²) in [4.78, 5) is 39.8. The van der Waals surface area contributed by atoms with Gasteiger partial charge in [-0.05, 0) is 25.7 Å². The summed E-state index contributed by atoms with van der Waals surface area (Å²) in [7, 11) is 1.61. The van der Waals surface area contributed by atoms with Crippen molar-refractivity contribution >= 4 is 11.7 Å². The van der Waals surface area contributed by atoms with Crippen LogP contribution in [0.25, 0.3) is 0 Å². The lowest BCUT2D eigenvalue weighted by Gasteiger charge is -2.32. The van der Waals surface area contributed by atoms with Crippen LogP contribution in [0, 0.1) is 0 Å². The zero-order valence-electron chi connectivity index (χ0n) is 18.0. The standard InChI is InChI=1S/C23H30N4O4/c1-31-15-14-26-23(30)27(19-9-10-19)22(24-26)18-8-5-13-25(16-18)21(29)12-11-20(28)17-6-3-2-4-7-17/h2-4,6-7,18-19H,5,8-16H2,1H3. The second-order valence-corrected chi connectivity index (χ2v) is 8.43. The minimum Gasteiger partial charge on any atom is -0.383 e. The number of carbonyl (C=O) groups is 2. The molecule has 1 aliphatic carbocycles. The fourth-order valence-electron chi connectivity index (χ4n) is 4.28. The van der Waals surface area contributed by atoms with Crippen LogP contribution in [0.1, 0.15) is 66.7 Å². The van der Waals surface area contributed by atoms with E-state index in [9.17, 15) is 14.4 Å². The SMILES string of the molecule is COCCn1nc(C2CCCN(C(=O)CCC(=O)c3ccccc3)C2)n(C2CC2)c1=O. The molecule has 31 heavy (non-hydrogen) atoms. The molecule has 1 aromatic carbocycles. The first-order valence-corrected chi connectivity index (χ1v) is 11.1. The van der Waals surface area contributed by atoms with Crippen molar-refractivity contribution in [2.24, 2.45) is 0 Å². The van der Waals surface area contributed by atoms with Gasteiger partial charge in [-0.15, -0.1) is 0 Å². The number of benzene rings is 1. The molecule has 2 heterocycles. The quantitative estimate of drug-likeness (QED) is 0.575. The van der Waals surface area contributed by atoms with Gasteiger partial charge in [-0.25, -0.2) is 9.48 Å². The van der Waals surface area contributed by atoms with E-state index in [2.05, 4.69) is 5.10 Å². The summed E-state index contributed by atoms with van der Waals surface area (Å²) in [6.45, 7) is 2.10. The number of aromatic nitrogens is 3. The Hall–Kier alpha value is -2.74. The average molecular weight is 427 g/mol. The van der Waals surface area contributed by atoms with Gasteiger partial charge in [0.25, 0.3) is 0 Å². The molecule has 2 aromatic rings. The molecule has 4 rings (SSSR count). The number of rotatable bonds is 9. The first-order valence-electron chi connectivity index (χ1n) is 11.1. The fourth-order valence-corrected chi connectivity index (χ4v) is 4.28. The van der Waals surface area contributed by atoms with Gasteiger partial charge in [0, 0.05) is 50.6 Å². The van der Waals surface area contributed by atoms with E-state index in [4.69, 9.17) is 4.74 Å². The summed E-state index contributed by atoms with van der Waals surface area (Å²) < 4.78 is 8.45. The summed E-state index contributed by atoms with van der Waals surface area (Å²) in [5.74, 6) is 0.816. The predicted molar refractivity (Wildman–Crippen MR) is 115 cm³/mol. The van der Waals surface area contributed by atoms with Crippen LogP contribution in [-0.2, 0) is 16.1 Å². The van der Waals surface area contributed by atoms with Gasteiger partial charge in [0.1, 0.15) is 5.82 Å². The maximum absolute atomic E-state index is 12.8. The summed E-state index contributed by atoms with van der Waals surface area (Å²) in [6, 6.07) is 9.31. The Bertz CT molecular complexity index is 977. The minimum absolute atomic E-state index is 0.00637. The van der Waals surface area contributed by atoms with Crippen LogP contribution in [0.5, 0.6) is 0 Å². The molecule has 1 atom stereocenters. The van der Waals surface area contributed by atoms with Crippen LogP contribution in [0.2, 0.25) is 0 Å². The molecule has 8 nitrogen and oxygen atoms in total. The van der Waals surface area contributed by atoms with E-state index in [1.807, 2.05) is 27.7 Å². The Morgan fingerprint density at radius 1 is 1.13 bits per heavy atom. The number of ether oxygens (including phenoxy) is 1. The van der Waals surface area contributed by atoms with Gasteiger partial charge in [-0.3, -0.25) is 14.2 Å². The third-order valence-electron chi connectivity index (χ3n) is 6.12. The highest BCUT2D eigenvalue weighted by atomic mass is 16.5. The average Bonchev–Trinajstić information content (AvgIpc) is 3.59. The summed E-state index contributed by atoms with van der Waals surface area (Å²) in [6.07, 6.45) is 4.19. The second kappa shape index (κ2) is 9.60. The second-order valence-electron chi connectivity index (χ2n) is 8.43. The Balaban J connectivity index is 1.42. The highest BCUT2D eigenvalue weighted by Crippen LogP contribution is 2.37. The normalized spacial score (nSPS) is 18.9. The van der Waals surface area contributed by atoms with Gasteiger partial charge >= 0.3 is 5.69 Å². The first kappa shape index (κ1) is 21.5. The molecule has 0 spiro atoms. The van der Waals surface area contributed by atoms with E-state index in [0.29, 0.717) is 31.8 Å². The molecule has 1 saturated heterocycles. The number of amides is 1. The smallest absolute Gasteiger partial charge is 0.346 e. The van der Waals surface area contributed by atoms with Crippen molar-refractivity contribution in [3.63, 3.8) is 0 Å². The van der Waals surface area contributed by atoms with Crippen molar-refractivity contribution in [3.05, 3.63) is 52.2 Å². The van der Waals surface area contributed by atoms with Crippen LogP contribution in [0.4, 0.5) is 0 Å². The van der Waals surface area contributed by atoms with E-state index in [1.165, 1.54) is 4.68 Å². The zero-order chi connectivity index (χ0) is 21.8. The molecule has 1 aliphatic heterocycles. The largest absolute Gasteiger partial charge is 0.383 e. The lowest BCUT2D eigenvalue weighted by Crippen LogP contribution is -2.40. The first-order chi connectivity index (χ1) is 15.1. The van der Waals surface area contributed by atoms with Crippen LogP contribution in [0.15, 0.2) is 35.1 Å². The highest BCUT2D eigenvalue weighted by Gasteiger charge is 2.35. The molecule has 1 aromatic heterocycles. The zero-order valence-corrected chi connectivity index (χ0v) is 18.0. The monoisotopic (exact) mass is 426 g/mol. The predicted octanol–water partition coefficient (Wildman–Crippen LogP) is 2.40. The van der Waals surface area contributed by atoms with Crippen molar-refractivity contribution in [1.29, 1.82) is 0 Å². The number of piperidine rings is 1.